The molecule has 132 valence electrons. The van der Waals surface area contributed by atoms with E-state index in [1.165, 1.54) is 0 Å². The zero-order valence-corrected chi connectivity index (χ0v) is 14.9. The first-order valence-electron chi connectivity index (χ1n) is 8.85. The lowest BCUT2D eigenvalue weighted by Gasteiger charge is -2.28. The first-order valence-corrected chi connectivity index (χ1v) is 10.4. The van der Waals surface area contributed by atoms with Crippen molar-refractivity contribution in [2.45, 2.75) is 67.7 Å². The number of carbonyl (C=O) groups excluding carboxylic acids is 1. The van der Waals surface area contributed by atoms with Gasteiger partial charge in [-0.05, 0) is 63.4 Å². The van der Waals surface area contributed by atoms with Gasteiger partial charge in [0.1, 0.15) is 0 Å². The number of benzene rings is 1. The van der Waals surface area contributed by atoms with Crippen LogP contribution in [-0.4, -0.2) is 38.2 Å². The Morgan fingerprint density at radius 2 is 1.79 bits per heavy atom. The molecule has 1 saturated heterocycles. The molecule has 1 aliphatic carbocycles. The maximum Gasteiger partial charge on any atom is 0.251 e. The van der Waals surface area contributed by atoms with E-state index in [1.807, 2.05) is 0 Å². The van der Waals surface area contributed by atoms with Gasteiger partial charge < -0.3 is 10.6 Å². The molecule has 5 nitrogen and oxygen atoms in total. The van der Waals surface area contributed by atoms with Crippen LogP contribution in [-0.2, 0) is 9.84 Å². The molecule has 3 rings (SSSR count). The van der Waals surface area contributed by atoms with E-state index in [0.717, 1.165) is 45.1 Å². The van der Waals surface area contributed by atoms with Gasteiger partial charge in [-0.25, -0.2) is 8.42 Å². The molecule has 2 aliphatic rings. The molecule has 1 heterocycles. The van der Waals surface area contributed by atoms with E-state index in [2.05, 4.69) is 17.6 Å². The molecule has 0 aromatic heterocycles. The highest BCUT2D eigenvalue weighted by Crippen LogP contribution is 2.29. The van der Waals surface area contributed by atoms with E-state index in [-0.39, 0.29) is 17.2 Å². The van der Waals surface area contributed by atoms with Crippen molar-refractivity contribution in [3.8, 4) is 0 Å². The molecule has 1 saturated carbocycles. The molecule has 0 radical (unpaired) electrons. The van der Waals surface area contributed by atoms with Crippen molar-refractivity contribution < 1.29 is 13.2 Å². The van der Waals surface area contributed by atoms with Gasteiger partial charge in [-0.2, -0.15) is 0 Å². The van der Waals surface area contributed by atoms with Crippen molar-refractivity contribution >= 4 is 15.7 Å². The number of piperidine rings is 1. The lowest BCUT2D eigenvalue weighted by molar-refractivity contribution is 0.0925. The second-order valence-corrected chi connectivity index (χ2v) is 9.25. The predicted molar refractivity (Wildman–Crippen MR) is 93.8 cm³/mol. The number of sulfone groups is 1. The van der Waals surface area contributed by atoms with Crippen LogP contribution < -0.4 is 10.6 Å². The summed E-state index contributed by atoms with van der Waals surface area (Å²) >= 11 is 0. The van der Waals surface area contributed by atoms with Crippen LogP contribution in [0.5, 0.6) is 0 Å². The Kier molecular flexibility index (Phi) is 5.25. The van der Waals surface area contributed by atoms with E-state index < -0.39 is 9.84 Å². The zero-order valence-electron chi connectivity index (χ0n) is 14.1. The molecule has 1 aromatic carbocycles. The fraction of sp³-hybridized carbons (Fsp3) is 0.611. The fourth-order valence-corrected chi connectivity index (χ4v) is 5.57. The molecule has 24 heavy (non-hydrogen) atoms. The van der Waals surface area contributed by atoms with Crippen molar-refractivity contribution in [2.24, 2.45) is 0 Å². The molecule has 6 heteroatoms. The quantitative estimate of drug-likeness (QED) is 0.873. The Morgan fingerprint density at radius 3 is 2.42 bits per heavy atom. The molecule has 2 N–H and O–H groups in total. The average Bonchev–Trinajstić information content (AvgIpc) is 3.10. The second kappa shape index (κ2) is 7.23. The Balaban J connectivity index is 1.66. The first kappa shape index (κ1) is 17.4. The van der Waals surface area contributed by atoms with Crippen molar-refractivity contribution in [3.63, 3.8) is 0 Å². The molecule has 2 unspecified atom stereocenters. The summed E-state index contributed by atoms with van der Waals surface area (Å²) in [7, 11) is -3.26. The minimum Gasteiger partial charge on any atom is -0.349 e. The number of hydrogen-bond donors (Lipinski definition) is 2. The molecule has 1 aromatic rings. The van der Waals surface area contributed by atoms with Gasteiger partial charge in [0.2, 0.25) is 0 Å². The zero-order chi connectivity index (χ0) is 17.2. The summed E-state index contributed by atoms with van der Waals surface area (Å²) in [4.78, 5) is 12.7. The third-order valence-corrected chi connectivity index (χ3v) is 7.42. The molecule has 2 atom stereocenters. The number of carbonyl (C=O) groups is 1. The number of rotatable bonds is 4. The summed E-state index contributed by atoms with van der Waals surface area (Å²) in [5, 5.41) is 6.15. The van der Waals surface area contributed by atoms with Crippen LogP contribution in [0.4, 0.5) is 0 Å². The second-order valence-electron chi connectivity index (χ2n) is 7.03. The summed E-state index contributed by atoms with van der Waals surface area (Å²) in [5.74, 6) is -0.126. The molecule has 0 spiro atoms. The lowest BCUT2D eigenvalue weighted by atomic mass is 10.0. The van der Waals surface area contributed by atoms with E-state index in [1.54, 1.807) is 24.3 Å². The van der Waals surface area contributed by atoms with Crippen molar-refractivity contribution in [2.75, 3.05) is 6.54 Å². The highest BCUT2D eigenvalue weighted by Gasteiger charge is 2.30. The Morgan fingerprint density at radius 1 is 1.12 bits per heavy atom. The van der Waals surface area contributed by atoms with Crippen molar-refractivity contribution in [1.82, 2.24) is 10.6 Å². The smallest absolute Gasteiger partial charge is 0.251 e. The Labute approximate surface area is 144 Å². The van der Waals surface area contributed by atoms with Crippen molar-refractivity contribution in [1.29, 1.82) is 0 Å². The summed E-state index contributed by atoms with van der Waals surface area (Å²) in [6.07, 6.45) is 5.30. The Hall–Kier alpha value is -1.40. The van der Waals surface area contributed by atoms with Crippen LogP contribution in [0.2, 0.25) is 0 Å². The molecular weight excluding hydrogens is 324 g/mol. The van der Waals surface area contributed by atoms with Gasteiger partial charge in [0.25, 0.3) is 5.91 Å². The Bertz CT molecular complexity index is 679. The van der Waals surface area contributed by atoms with E-state index in [0.29, 0.717) is 16.5 Å². The minimum atomic E-state index is -3.26. The number of hydrogen-bond acceptors (Lipinski definition) is 4. The highest BCUT2D eigenvalue weighted by atomic mass is 32.2. The molecule has 0 bridgehead atoms. The standard InChI is InChI=1S/C18H26N2O3S/c1-13-12-15(10-11-19-13)20-18(21)14-6-8-17(9-7-14)24(22,23)16-4-2-3-5-16/h6-9,13,15-16,19H,2-5,10-12H2,1H3,(H,20,21). The largest absolute Gasteiger partial charge is 0.349 e. The van der Waals surface area contributed by atoms with Crippen LogP contribution in [0.15, 0.2) is 29.2 Å². The van der Waals surface area contributed by atoms with Crippen LogP contribution >= 0.6 is 0 Å². The maximum absolute atomic E-state index is 12.6. The number of amides is 1. The van der Waals surface area contributed by atoms with Crippen molar-refractivity contribution in [3.05, 3.63) is 29.8 Å². The molecule has 1 aliphatic heterocycles. The van der Waals surface area contributed by atoms with Gasteiger partial charge in [-0.15, -0.1) is 0 Å². The van der Waals surface area contributed by atoms with Gasteiger partial charge >= 0.3 is 0 Å². The third-order valence-electron chi connectivity index (χ3n) is 5.14. The normalized spacial score (nSPS) is 25.5. The predicted octanol–water partition coefficient (Wildman–Crippen LogP) is 2.27. The van der Waals surface area contributed by atoms with Gasteiger partial charge in [0, 0.05) is 17.6 Å². The van der Waals surface area contributed by atoms with Crippen LogP contribution in [0.3, 0.4) is 0 Å². The maximum atomic E-state index is 12.6. The van der Waals surface area contributed by atoms with Crippen LogP contribution in [0.1, 0.15) is 55.8 Å². The monoisotopic (exact) mass is 350 g/mol. The summed E-state index contributed by atoms with van der Waals surface area (Å²) in [6.45, 7) is 3.02. The highest BCUT2D eigenvalue weighted by molar-refractivity contribution is 7.92. The van der Waals surface area contributed by atoms with Gasteiger partial charge in [-0.1, -0.05) is 12.8 Å². The number of nitrogens with one attached hydrogen (secondary N) is 2. The molecule has 1 amide bonds. The summed E-state index contributed by atoms with van der Waals surface area (Å²) in [5.41, 5.74) is 0.520. The van der Waals surface area contributed by atoms with E-state index in [9.17, 15) is 13.2 Å². The van der Waals surface area contributed by atoms with Gasteiger partial charge in [-0.3, -0.25) is 4.79 Å². The topological polar surface area (TPSA) is 75.3 Å². The van der Waals surface area contributed by atoms with Crippen LogP contribution in [0.25, 0.3) is 0 Å². The third kappa shape index (κ3) is 3.81. The first-order chi connectivity index (χ1) is 11.5. The van der Waals surface area contributed by atoms with E-state index >= 15 is 0 Å². The fourth-order valence-electron chi connectivity index (χ4n) is 3.72. The summed E-state index contributed by atoms with van der Waals surface area (Å²) < 4.78 is 25.1. The lowest BCUT2D eigenvalue weighted by Crippen LogP contribution is -2.46. The average molecular weight is 350 g/mol. The summed E-state index contributed by atoms with van der Waals surface area (Å²) in [6, 6.07) is 6.99. The van der Waals surface area contributed by atoms with Crippen LogP contribution in [0, 0.1) is 0 Å². The SMILES string of the molecule is CC1CC(NC(=O)c2ccc(S(=O)(=O)C3CCCC3)cc2)CCN1. The minimum absolute atomic E-state index is 0.126. The van der Waals surface area contributed by atoms with E-state index in [4.69, 9.17) is 0 Å². The van der Waals surface area contributed by atoms with Gasteiger partial charge in [0.05, 0.1) is 10.1 Å². The molecule has 2 fully saturated rings. The van der Waals surface area contributed by atoms with Gasteiger partial charge in [0.15, 0.2) is 9.84 Å². The molecular formula is C18H26N2O3S.